The van der Waals surface area contributed by atoms with Gasteiger partial charge in [0.1, 0.15) is 10.8 Å². The standard InChI is InChI=1S/C16H12N6O5S/c23-13(19-17-9-12-2-1-7-27-12)8-14-20-21-16(28-14)18-15(24)10-3-5-11(6-4-10)22(25)26/h1-7,9H,8H2,(H,19,23)(H,18,21,24)/b17-9-. The first kappa shape index (κ1) is 18.8. The maximum Gasteiger partial charge on any atom is 0.269 e. The fourth-order valence-corrected chi connectivity index (χ4v) is 2.72. The average Bonchev–Trinajstić information content (AvgIpc) is 3.34. The smallest absolute Gasteiger partial charge is 0.269 e. The molecule has 0 fully saturated rings. The van der Waals surface area contributed by atoms with Crippen LogP contribution in [0.5, 0.6) is 0 Å². The Morgan fingerprint density at radius 1 is 1.25 bits per heavy atom. The molecular formula is C16H12N6O5S. The van der Waals surface area contributed by atoms with Gasteiger partial charge in [-0.05, 0) is 24.3 Å². The van der Waals surface area contributed by atoms with E-state index in [1.165, 1.54) is 36.7 Å². The summed E-state index contributed by atoms with van der Waals surface area (Å²) in [6.45, 7) is 0. The predicted octanol–water partition coefficient (Wildman–Crippen LogP) is 1.98. The van der Waals surface area contributed by atoms with E-state index in [9.17, 15) is 19.7 Å². The maximum atomic E-state index is 12.1. The van der Waals surface area contributed by atoms with Crippen molar-refractivity contribution >= 4 is 40.2 Å². The summed E-state index contributed by atoms with van der Waals surface area (Å²) < 4.78 is 5.03. The van der Waals surface area contributed by atoms with E-state index in [0.29, 0.717) is 10.8 Å². The number of carbonyl (C=O) groups is 2. The van der Waals surface area contributed by atoms with Crippen LogP contribution in [0.1, 0.15) is 21.1 Å². The molecule has 3 aromatic rings. The topological polar surface area (TPSA) is 153 Å². The van der Waals surface area contributed by atoms with Gasteiger partial charge in [-0.3, -0.25) is 25.0 Å². The lowest BCUT2D eigenvalue weighted by Gasteiger charge is -2.00. The van der Waals surface area contributed by atoms with Crippen LogP contribution in [0, 0.1) is 10.1 Å². The average molecular weight is 400 g/mol. The largest absolute Gasteiger partial charge is 0.463 e. The molecular weight excluding hydrogens is 388 g/mol. The van der Waals surface area contributed by atoms with Crippen LogP contribution in [0.25, 0.3) is 0 Å². The van der Waals surface area contributed by atoms with Gasteiger partial charge < -0.3 is 4.42 Å². The van der Waals surface area contributed by atoms with Gasteiger partial charge in [-0.25, -0.2) is 5.43 Å². The van der Waals surface area contributed by atoms with E-state index in [1.807, 2.05) is 0 Å². The van der Waals surface area contributed by atoms with Crippen molar-refractivity contribution in [3.63, 3.8) is 0 Å². The molecule has 142 valence electrons. The van der Waals surface area contributed by atoms with Gasteiger partial charge in [0.25, 0.3) is 11.6 Å². The Morgan fingerprint density at radius 3 is 2.71 bits per heavy atom. The number of non-ortho nitro benzene ring substituents is 1. The molecule has 12 heteroatoms. The van der Waals surface area contributed by atoms with Gasteiger partial charge in [0.05, 0.1) is 23.8 Å². The molecule has 1 aromatic carbocycles. The third-order valence-electron chi connectivity index (χ3n) is 3.26. The van der Waals surface area contributed by atoms with Crippen molar-refractivity contribution in [2.45, 2.75) is 6.42 Å². The first-order valence-electron chi connectivity index (χ1n) is 7.75. The lowest BCUT2D eigenvalue weighted by Crippen LogP contribution is -2.19. The molecule has 2 N–H and O–H groups in total. The van der Waals surface area contributed by atoms with Gasteiger partial charge in [-0.2, -0.15) is 5.10 Å². The second kappa shape index (κ2) is 8.64. The number of carbonyl (C=O) groups excluding carboxylic acids is 2. The molecule has 0 aliphatic rings. The molecule has 2 aromatic heterocycles. The van der Waals surface area contributed by atoms with Crippen LogP contribution in [-0.4, -0.2) is 33.1 Å². The fourth-order valence-electron chi connectivity index (χ4n) is 1.99. The number of aromatic nitrogens is 2. The summed E-state index contributed by atoms with van der Waals surface area (Å²) in [4.78, 5) is 34.0. The van der Waals surface area contributed by atoms with Gasteiger partial charge in [0.15, 0.2) is 0 Å². The zero-order valence-corrected chi connectivity index (χ0v) is 14.9. The van der Waals surface area contributed by atoms with E-state index in [4.69, 9.17) is 4.42 Å². The summed E-state index contributed by atoms with van der Waals surface area (Å²) in [5.74, 6) is -0.412. The Hall–Kier alpha value is -3.93. The van der Waals surface area contributed by atoms with Crippen molar-refractivity contribution in [3.05, 3.63) is 69.1 Å². The van der Waals surface area contributed by atoms with Crippen LogP contribution in [0.2, 0.25) is 0 Å². The Labute approximate surface area is 161 Å². The molecule has 2 amide bonds. The number of nitrogens with zero attached hydrogens (tertiary/aromatic N) is 4. The van der Waals surface area contributed by atoms with E-state index >= 15 is 0 Å². The highest BCUT2D eigenvalue weighted by Gasteiger charge is 2.13. The second-order valence-electron chi connectivity index (χ2n) is 5.24. The summed E-state index contributed by atoms with van der Waals surface area (Å²) in [6, 6.07) is 8.50. The summed E-state index contributed by atoms with van der Waals surface area (Å²) in [7, 11) is 0. The van der Waals surface area contributed by atoms with Crippen LogP contribution >= 0.6 is 11.3 Å². The second-order valence-corrected chi connectivity index (χ2v) is 6.31. The van der Waals surface area contributed by atoms with Crippen LogP contribution in [0.15, 0.2) is 52.2 Å². The molecule has 0 atom stereocenters. The van der Waals surface area contributed by atoms with Gasteiger partial charge in [-0.1, -0.05) is 11.3 Å². The van der Waals surface area contributed by atoms with Crippen LogP contribution in [0.3, 0.4) is 0 Å². The highest BCUT2D eigenvalue weighted by atomic mass is 32.1. The lowest BCUT2D eigenvalue weighted by molar-refractivity contribution is -0.384. The normalized spacial score (nSPS) is 10.7. The zero-order valence-electron chi connectivity index (χ0n) is 14.1. The number of benzene rings is 1. The highest BCUT2D eigenvalue weighted by Crippen LogP contribution is 2.18. The molecule has 0 radical (unpaired) electrons. The van der Waals surface area contributed by atoms with Crippen molar-refractivity contribution in [2.24, 2.45) is 5.10 Å². The summed E-state index contributed by atoms with van der Waals surface area (Å²) in [5.41, 5.74) is 2.44. The van der Waals surface area contributed by atoms with Crippen molar-refractivity contribution in [1.29, 1.82) is 0 Å². The number of anilines is 1. The number of rotatable bonds is 7. The Morgan fingerprint density at radius 2 is 2.04 bits per heavy atom. The van der Waals surface area contributed by atoms with Crippen LogP contribution < -0.4 is 10.7 Å². The zero-order chi connectivity index (χ0) is 19.9. The summed E-state index contributed by atoms with van der Waals surface area (Å²) >= 11 is 1.03. The van der Waals surface area contributed by atoms with E-state index in [-0.39, 0.29) is 22.8 Å². The highest BCUT2D eigenvalue weighted by molar-refractivity contribution is 7.15. The van der Waals surface area contributed by atoms with Gasteiger partial charge in [0, 0.05) is 17.7 Å². The van der Waals surface area contributed by atoms with Crippen molar-refractivity contribution < 1.29 is 18.9 Å². The monoisotopic (exact) mass is 400 g/mol. The Bertz CT molecular complexity index is 1010. The molecule has 0 aliphatic carbocycles. The minimum Gasteiger partial charge on any atom is -0.463 e. The fraction of sp³-hybridized carbons (Fsp3) is 0.0625. The minimum absolute atomic E-state index is 0.0689. The van der Waals surface area contributed by atoms with Crippen molar-refractivity contribution in [2.75, 3.05) is 5.32 Å². The van der Waals surface area contributed by atoms with Crippen molar-refractivity contribution in [3.8, 4) is 0 Å². The van der Waals surface area contributed by atoms with Crippen molar-refractivity contribution in [1.82, 2.24) is 15.6 Å². The molecule has 3 rings (SSSR count). The first-order chi connectivity index (χ1) is 13.5. The van der Waals surface area contributed by atoms with Crippen LogP contribution in [-0.2, 0) is 11.2 Å². The number of furan rings is 1. The van der Waals surface area contributed by atoms with Gasteiger partial charge >= 0.3 is 0 Å². The number of nitro benzene ring substituents is 1. The SMILES string of the molecule is O=C(Cc1nnc(NC(=O)c2ccc([N+](=O)[O-])cc2)s1)N/N=C\c1ccco1. The molecule has 2 heterocycles. The number of hydrogen-bond acceptors (Lipinski definition) is 9. The van der Waals surface area contributed by atoms with Gasteiger partial charge in [0.2, 0.25) is 11.0 Å². The number of hydrazone groups is 1. The molecule has 0 aliphatic heterocycles. The third kappa shape index (κ3) is 5.04. The Kier molecular flexibility index (Phi) is 5.81. The van der Waals surface area contributed by atoms with E-state index in [0.717, 1.165) is 11.3 Å². The maximum absolute atomic E-state index is 12.1. The lowest BCUT2D eigenvalue weighted by atomic mass is 10.2. The quantitative estimate of drug-likeness (QED) is 0.349. The van der Waals surface area contributed by atoms with Crippen LogP contribution in [0.4, 0.5) is 10.8 Å². The van der Waals surface area contributed by atoms with E-state index in [1.54, 1.807) is 12.1 Å². The van der Waals surface area contributed by atoms with Gasteiger partial charge in [-0.15, -0.1) is 10.2 Å². The van der Waals surface area contributed by atoms with E-state index < -0.39 is 16.7 Å². The molecule has 11 nitrogen and oxygen atoms in total. The summed E-state index contributed by atoms with van der Waals surface area (Å²) in [6.07, 6.45) is 2.77. The molecule has 0 unspecified atom stereocenters. The number of hydrogen-bond donors (Lipinski definition) is 2. The Balaban J connectivity index is 1.52. The molecule has 0 saturated heterocycles. The minimum atomic E-state index is -0.553. The molecule has 0 spiro atoms. The molecule has 0 bridgehead atoms. The van der Waals surface area contributed by atoms with E-state index in [2.05, 4.69) is 26.0 Å². The third-order valence-corrected chi connectivity index (χ3v) is 4.10. The number of nitrogens with one attached hydrogen (secondary N) is 2. The first-order valence-corrected chi connectivity index (χ1v) is 8.56. The predicted molar refractivity (Wildman–Crippen MR) is 99.1 cm³/mol. The molecule has 28 heavy (non-hydrogen) atoms. The number of amides is 2. The number of nitro groups is 1. The summed E-state index contributed by atoms with van der Waals surface area (Å²) in [5, 5.41) is 25.1. The molecule has 0 saturated carbocycles.